The highest BCUT2D eigenvalue weighted by molar-refractivity contribution is 5.89. The molecule has 0 unspecified atom stereocenters. The van der Waals surface area contributed by atoms with Crippen LogP contribution in [0.25, 0.3) is 0 Å². The van der Waals surface area contributed by atoms with E-state index in [9.17, 15) is 14.0 Å². The van der Waals surface area contributed by atoms with Gasteiger partial charge < -0.3 is 25.6 Å². The highest BCUT2D eigenvalue weighted by Gasteiger charge is 2.33. The Hall–Kier alpha value is -3.70. The molecule has 2 aliphatic heterocycles. The molecule has 2 fully saturated rings. The lowest BCUT2D eigenvalue weighted by atomic mass is 10.2. The number of nitrogens with one attached hydrogen (secondary N) is 1. The molecule has 3 N–H and O–H groups in total. The SMILES string of the molecule is CC(=O)NC[C@H]1CN(c2cnc(N3CCN(c4ccnc(N)n4)CC3)c(F)c2)C(=O)O1. The fraction of sp³-hybridized carbons (Fsp3) is 0.421. The number of hydrogen-bond acceptors (Lipinski definition) is 9. The summed E-state index contributed by atoms with van der Waals surface area (Å²) in [5, 5.41) is 2.60. The van der Waals surface area contributed by atoms with Crippen molar-refractivity contribution in [1.82, 2.24) is 20.3 Å². The van der Waals surface area contributed by atoms with Gasteiger partial charge in [-0.1, -0.05) is 0 Å². The molecule has 1 atom stereocenters. The van der Waals surface area contributed by atoms with Gasteiger partial charge in [0.1, 0.15) is 11.9 Å². The quantitative estimate of drug-likeness (QED) is 0.691. The predicted molar refractivity (Wildman–Crippen MR) is 111 cm³/mol. The largest absolute Gasteiger partial charge is 0.442 e. The first-order valence-corrected chi connectivity index (χ1v) is 9.87. The zero-order valence-corrected chi connectivity index (χ0v) is 17.0. The molecule has 2 aromatic rings. The summed E-state index contributed by atoms with van der Waals surface area (Å²) in [6, 6.07) is 3.07. The monoisotopic (exact) mass is 430 g/mol. The van der Waals surface area contributed by atoms with Crippen LogP contribution in [0, 0.1) is 5.82 Å². The average Bonchev–Trinajstić information content (AvgIpc) is 3.13. The van der Waals surface area contributed by atoms with Gasteiger partial charge >= 0.3 is 6.09 Å². The number of ether oxygens (including phenoxy) is 1. The third-order valence-electron chi connectivity index (χ3n) is 5.13. The molecule has 4 heterocycles. The van der Waals surface area contributed by atoms with E-state index in [4.69, 9.17) is 10.5 Å². The number of halogens is 1. The molecule has 12 heteroatoms. The maximum absolute atomic E-state index is 14.8. The van der Waals surface area contributed by atoms with Crippen LogP contribution in [0.2, 0.25) is 0 Å². The number of rotatable bonds is 5. The van der Waals surface area contributed by atoms with Crippen LogP contribution in [0.5, 0.6) is 0 Å². The molecule has 4 rings (SSSR count). The minimum absolute atomic E-state index is 0.202. The lowest BCUT2D eigenvalue weighted by Crippen LogP contribution is -2.47. The van der Waals surface area contributed by atoms with Crippen molar-refractivity contribution in [2.75, 3.05) is 59.7 Å². The van der Waals surface area contributed by atoms with Gasteiger partial charge in [-0.15, -0.1) is 0 Å². The number of nitrogens with zero attached hydrogens (tertiary/aromatic N) is 6. The Morgan fingerprint density at radius 3 is 2.71 bits per heavy atom. The number of hydrogen-bond donors (Lipinski definition) is 2. The summed E-state index contributed by atoms with van der Waals surface area (Å²) in [6.45, 7) is 4.16. The van der Waals surface area contributed by atoms with E-state index in [-0.39, 0.29) is 30.8 Å². The summed E-state index contributed by atoms with van der Waals surface area (Å²) in [7, 11) is 0. The van der Waals surface area contributed by atoms with E-state index in [1.54, 1.807) is 12.3 Å². The highest BCUT2D eigenvalue weighted by atomic mass is 19.1. The standard InChI is InChI=1S/C19H23FN8O3/c1-12(29)23-10-14-11-28(19(30)31-14)13-8-15(20)17(24-9-13)27-6-4-26(5-7-27)16-2-3-22-18(21)25-16/h2-3,8-9,14H,4-7,10-11H2,1H3,(H,23,29)(H2,21,22,25)/t14-/m0/s1. The molecule has 31 heavy (non-hydrogen) atoms. The van der Waals surface area contributed by atoms with Gasteiger partial charge in [-0.25, -0.2) is 19.2 Å². The summed E-state index contributed by atoms with van der Waals surface area (Å²) in [4.78, 5) is 40.7. The highest BCUT2D eigenvalue weighted by Crippen LogP contribution is 2.26. The summed E-state index contributed by atoms with van der Waals surface area (Å²) in [5.41, 5.74) is 5.96. The van der Waals surface area contributed by atoms with Crippen LogP contribution in [0.1, 0.15) is 6.92 Å². The number of aromatic nitrogens is 3. The topological polar surface area (TPSA) is 130 Å². The minimum atomic E-state index is -0.595. The predicted octanol–water partition coefficient (Wildman–Crippen LogP) is 0.381. The van der Waals surface area contributed by atoms with Gasteiger partial charge in [-0.2, -0.15) is 4.98 Å². The molecule has 2 aliphatic rings. The smallest absolute Gasteiger partial charge is 0.414 e. The second-order valence-corrected chi connectivity index (χ2v) is 7.30. The number of carbonyl (C=O) groups is 2. The number of anilines is 4. The van der Waals surface area contributed by atoms with E-state index in [2.05, 4.69) is 25.2 Å². The molecule has 2 amide bonds. The van der Waals surface area contributed by atoms with Gasteiger partial charge in [0, 0.05) is 45.4 Å². The first-order valence-electron chi connectivity index (χ1n) is 9.87. The molecule has 0 aliphatic carbocycles. The van der Waals surface area contributed by atoms with Gasteiger partial charge in [0.05, 0.1) is 25.0 Å². The number of pyridine rings is 1. The van der Waals surface area contributed by atoms with Crippen LogP contribution < -0.4 is 25.8 Å². The van der Waals surface area contributed by atoms with Gasteiger partial charge in [-0.3, -0.25) is 9.69 Å². The van der Waals surface area contributed by atoms with Crippen molar-refractivity contribution < 1.29 is 18.7 Å². The summed E-state index contributed by atoms with van der Waals surface area (Å²) < 4.78 is 20.1. The number of carbonyl (C=O) groups excluding carboxylic acids is 2. The van der Waals surface area contributed by atoms with Crippen molar-refractivity contribution in [3.63, 3.8) is 0 Å². The molecule has 0 saturated carbocycles. The zero-order valence-electron chi connectivity index (χ0n) is 17.0. The Morgan fingerprint density at radius 1 is 1.29 bits per heavy atom. The fourth-order valence-electron chi connectivity index (χ4n) is 3.58. The number of amides is 2. The van der Waals surface area contributed by atoms with Crippen molar-refractivity contribution in [2.24, 2.45) is 0 Å². The van der Waals surface area contributed by atoms with Crippen molar-refractivity contribution in [3.8, 4) is 0 Å². The number of nitrogen functional groups attached to an aromatic ring is 1. The molecule has 2 saturated heterocycles. The first kappa shape index (κ1) is 20.6. The lowest BCUT2D eigenvalue weighted by molar-refractivity contribution is -0.119. The summed E-state index contributed by atoms with van der Waals surface area (Å²) in [5.74, 6) is 0.443. The molecular formula is C19H23FN8O3. The molecule has 11 nitrogen and oxygen atoms in total. The van der Waals surface area contributed by atoms with E-state index in [0.717, 1.165) is 5.82 Å². The maximum Gasteiger partial charge on any atom is 0.414 e. The van der Waals surface area contributed by atoms with Crippen molar-refractivity contribution >= 4 is 35.3 Å². The fourth-order valence-corrected chi connectivity index (χ4v) is 3.58. The molecule has 164 valence electrons. The van der Waals surface area contributed by atoms with E-state index in [1.807, 2.05) is 4.90 Å². The second kappa shape index (κ2) is 8.58. The molecule has 2 aromatic heterocycles. The number of piperazine rings is 1. The van der Waals surface area contributed by atoms with E-state index in [1.165, 1.54) is 24.1 Å². The number of cyclic esters (lactones) is 1. The molecule has 0 bridgehead atoms. The normalized spacial score (nSPS) is 18.8. The summed E-state index contributed by atoms with van der Waals surface area (Å²) in [6.07, 6.45) is 1.97. The summed E-state index contributed by atoms with van der Waals surface area (Å²) >= 11 is 0. The van der Waals surface area contributed by atoms with Crippen LogP contribution in [0.4, 0.5) is 32.5 Å². The van der Waals surface area contributed by atoms with E-state index < -0.39 is 18.0 Å². The van der Waals surface area contributed by atoms with E-state index in [0.29, 0.717) is 31.9 Å². The lowest BCUT2D eigenvalue weighted by Gasteiger charge is -2.36. The van der Waals surface area contributed by atoms with Crippen molar-refractivity contribution in [3.05, 3.63) is 30.3 Å². The Balaban J connectivity index is 1.39. The Kier molecular flexibility index (Phi) is 5.69. The molecule has 0 spiro atoms. The van der Waals surface area contributed by atoms with Crippen molar-refractivity contribution in [1.29, 1.82) is 0 Å². The Labute approximate surface area is 178 Å². The zero-order chi connectivity index (χ0) is 22.0. The van der Waals surface area contributed by atoms with Crippen LogP contribution >= 0.6 is 0 Å². The van der Waals surface area contributed by atoms with Gasteiger partial charge in [-0.05, 0) is 6.07 Å². The second-order valence-electron chi connectivity index (χ2n) is 7.30. The Bertz CT molecular complexity index is 982. The van der Waals surface area contributed by atoms with E-state index >= 15 is 0 Å². The van der Waals surface area contributed by atoms with Crippen molar-refractivity contribution in [2.45, 2.75) is 13.0 Å². The van der Waals surface area contributed by atoms with Crippen LogP contribution in [-0.2, 0) is 9.53 Å². The molecule has 0 radical (unpaired) electrons. The number of nitrogens with two attached hydrogens (primary N) is 1. The van der Waals surface area contributed by atoms with Gasteiger partial charge in [0.2, 0.25) is 11.9 Å². The molecular weight excluding hydrogens is 407 g/mol. The third kappa shape index (κ3) is 4.57. The maximum atomic E-state index is 14.8. The van der Waals surface area contributed by atoms with Gasteiger partial charge in [0.15, 0.2) is 11.6 Å². The third-order valence-corrected chi connectivity index (χ3v) is 5.13. The minimum Gasteiger partial charge on any atom is -0.442 e. The first-order chi connectivity index (χ1) is 14.9. The Morgan fingerprint density at radius 2 is 2.03 bits per heavy atom. The van der Waals surface area contributed by atoms with Crippen LogP contribution in [0.15, 0.2) is 24.5 Å². The van der Waals surface area contributed by atoms with Crippen LogP contribution in [0.3, 0.4) is 0 Å². The van der Waals surface area contributed by atoms with Crippen LogP contribution in [-0.4, -0.2) is 72.3 Å². The van der Waals surface area contributed by atoms with Gasteiger partial charge in [0.25, 0.3) is 0 Å². The molecule has 0 aromatic carbocycles. The average molecular weight is 430 g/mol.